The van der Waals surface area contributed by atoms with Crippen LogP contribution in [0.5, 0.6) is 0 Å². The van der Waals surface area contributed by atoms with Gasteiger partial charge in [-0.05, 0) is 60.5 Å². The summed E-state index contributed by atoms with van der Waals surface area (Å²) >= 11 is 3.09. The van der Waals surface area contributed by atoms with Crippen molar-refractivity contribution in [3.63, 3.8) is 0 Å². The Morgan fingerprint density at radius 1 is 1.16 bits per heavy atom. The van der Waals surface area contributed by atoms with Crippen LogP contribution in [0, 0.1) is 6.92 Å². The first-order chi connectivity index (χ1) is 15.5. The highest BCUT2D eigenvalue weighted by molar-refractivity contribution is 8.03. The molecule has 3 aromatic rings. The Bertz CT molecular complexity index is 1210. The van der Waals surface area contributed by atoms with Crippen LogP contribution in [-0.4, -0.2) is 44.5 Å². The van der Waals surface area contributed by atoms with Crippen molar-refractivity contribution >= 4 is 41.1 Å². The topological polar surface area (TPSA) is 79.5 Å². The number of aryl methyl sites for hydroxylation is 1. The fourth-order valence-corrected chi connectivity index (χ4v) is 5.29. The monoisotopic (exact) mass is 464 g/mol. The minimum Gasteiger partial charge on any atom is -0.337 e. The molecule has 9 heteroatoms. The van der Waals surface area contributed by atoms with Gasteiger partial charge in [0.15, 0.2) is 0 Å². The van der Waals surface area contributed by atoms with Crippen LogP contribution in [0.15, 0.2) is 69.4 Å². The Morgan fingerprint density at radius 2 is 1.97 bits per heavy atom. The first-order valence-electron chi connectivity index (χ1n) is 10.1. The molecule has 1 aromatic heterocycles. The van der Waals surface area contributed by atoms with Gasteiger partial charge in [-0.3, -0.25) is 4.79 Å². The van der Waals surface area contributed by atoms with Crippen LogP contribution in [0.1, 0.15) is 11.5 Å². The number of benzene rings is 2. The molecule has 5 rings (SSSR count). The quantitative estimate of drug-likeness (QED) is 0.505. The maximum absolute atomic E-state index is 13.4. The van der Waals surface area contributed by atoms with E-state index in [9.17, 15) is 9.59 Å². The highest BCUT2D eigenvalue weighted by Gasteiger charge is 2.48. The Morgan fingerprint density at radius 3 is 2.72 bits per heavy atom. The maximum atomic E-state index is 13.4. The average molecular weight is 465 g/mol. The Kier molecular flexibility index (Phi) is 5.52. The summed E-state index contributed by atoms with van der Waals surface area (Å²) in [6, 6.07) is 14.5. The lowest BCUT2D eigenvalue weighted by Gasteiger charge is -2.40. The molecule has 2 aliphatic heterocycles. The van der Waals surface area contributed by atoms with Gasteiger partial charge in [-0.25, -0.2) is 9.69 Å². The molecule has 1 fully saturated rings. The lowest BCUT2D eigenvalue weighted by Crippen LogP contribution is -2.61. The number of fused-ring (bicyclic) bond motifs is 1. The molecule has 2 aliphatic rings. The van der Waals surface area contributed by atoms with E-state index in [-0.39, 0.29) is 18.5 Å². The number of anilines is 1. The van der Waals surface area contributed by atoms with Crippen molar-refractivity contribution in [1.82, 2.24) is 15.0 Å². The summed E-state index contributed by atoms with van der Waals surface area (Å²) in [6.07, 6.45) is 3.90. The first kappa shape index (κ1) is 20.8. The molecule has 0 N–H and O–H groups in total. The molecule has 2 atom stereocenters. The predicted octanol–water partition coefficient (Wildman–Crippen LogP) is 4.73. The van der Waals surface area contributed by atoms with Crippen LogP contribution in [0.25, 0.3) is 11.4 Å². The van der Waals surface area contributed by atoms with E-state index in [4.69, 9.17) is 4.52 Å². The zero-order valence-electron chi connectivity index (χ0n) is 17.5. The third-order valence-corrected chi connectivity index (χ3v) is 7.29. The van der Waals surface area contributed by atoms with Crippen molar-refractivity contribution in [2.75, 3.05) is 11.2 Å². The van der Waals surface area contributed by atoms with Crippen LogP contribution >= 0.6 is 23.5 Å². The van der Waals surface area contributed by atoms with Crippen LogP contribution < -0.4 is 4.90 Å². The number of thioether (sulfide) groups is 2. The van der Waals surface area contributed by atoms with E-state index in [2.05, 4.69) is 10.1 Å². The molecule has 1 saturated heterocycles. The van der Waals surface area contributed by atoms with E-state index in [1.54, 1.807) is 22.7 Å². The second-order valence-electron chi connectivity index (χ2n) is 7.54. The number of amides is 3. The Hall–Kier alpha value is -3.04. The molecule has 2 unspecified atom stereocenters. The summed E-state index contributed by atoms with van der Waals surface area (Å²) in [4.78, 5) is 35.1. The molecular formula is C23H20N4O3S2. The van der Waals surface area contributed by atoms with Crippen LogP contribution in [-0.2, 0) is 11.3 Å². The normalized spacial score (nSPS) is 20.2. The van der Waals surface area contributed by atoms with Gasteiger partial charge >= 0.3 is 6.03 Å². The summed E-state index contributed by atoms with van der Waals surface area (Å²) in [5.41, 5.74) is 2.38. The van der Waals surface area contributed by atoms with Gasteiger partial charge < -0.3 is 9.42 Å². The summed E-state index contributed by atoms with van der Waals surface area (Å²) < 4.78 is 5.47. The second kappa shape index (κ2) is 8.48. The zero-order chi connectivity index (χ0) is 22.2. The molecule has 0 bridgehead atoms. The minimum absolute atomic E-state index is 0.121. The fourth-order valence-electron chi connectivity index (χ4n) is 3.84. The van der Waals surface area contributed by atoms with E-state index in [1.165, 1.54) is 16.7 Å². The standard InChI is InChI=1S/C23H20N4O3S2/c1-14-4-3-5-16(12-14)27-22(28)20-18(10-11-32-20)26(23(27)29)13-19-24-21(25-30-19)15-6-8-17(31-2)9-7-15/h3-12,18,20H,13H2,1-2H3. The van der Waals surface area contributed by atoms with Gasteiger partial charge in [-0.1, -0.05) is 23.4 Å². The van der Waals surface area contributed by atoms with Crippen molar-refractivity contribution in [2.45, 2.75) is 29.7 Å². The number of nitrogens with zero attached hydrogens (tertiary/aromatic N) is 4. The number of aromatic nitrogens is 2. The number of imide groups is 1. The van der Waals surface area contributed by atoms with Crippen LogP contribution in [0.2, 0.25) is 0 Å². The second-order valence-corrected chi connectivity index (χ2v) is 9.47. The molecular weight excluding hydrogens is 444 g/mol. The molecule has 0 spiro atoms. The van der Waals surface area contributed by atoms with Gasteiger partial charge in [0.1, 0.15) is 11.8 Å². The lowest BCUT2D eigenvalue weighted by molar-refractivity contribution is -0.119. The Balaban J connectivity index is 1.43. The van der Waals surface area contributed by atoms with Crippen molar-refractivity contribution < 1.29 is 14.1 Å². The maximum Gasteiger partial charge on any atom is 0.332 e. The van der Waals surface area contributed by atoms with E-state index >= 15 is 0 Å². The molecule has 3 amide bonds. The number of carbonyl (C=O) groups excluding carboxylic acids is 2. The predicted molar refractivity (Wildman–Crippen MR) is 125 cm³/mol. The Labute approximate surface area is 193 Å². The highest BCUT2D eigenvalue weighted by atomic mass is 32.2. The van der Waals surface area contributed by atoms with Crippen LogP contribution in [0.3, 0.4) is 0 Å². The molecule has 0 saturated carbocycles. The van der Waals surface area contributed by atoms with Crippen LogP contribution in [0.4, 0.5) is 10.5 Å². The van der Waals surface area contributed by atoms with Crippen molar-refractivity contribution in [3.8, 4) is 11.4 Å². The molecule has 2 aromatic carbocycles. The van der Waals surface area contributed by atoms with Crippen molar-refractivity contribution in [3.05, 3.63) is 71.5 Å². The van der Waals surface area contributed by atoms with E-state index in [1.807, 2.05) is 67.1 Å². The van der Waals surface area contributed by atoms with Gasteiger partial charge in [0.25, 0.3) is 5.91 Å². The van der Waals surface area contributed by atoms with Crippen molar-refractivity contribution in [1.29, 1.82) is 0 Å². The summed E-state index contributed by atoms with van der Waals surface area (Å²) in [6.45, 7) is 2.05. The number of urea groups is 1. The lowest BCUT2D eigenvalue weighted by atomic mass is 10.1. The van der Waals surface area contributed by atoms with Gasteiger partial charge in [0.05, 0.1) is 11.7 Å². The number of hydrogen-bond acceptors (Lipinski definition) is 7. The minimum atomic E-state index is -0.394. The number of carbonyl (C=O) groups is 2. The van der Waals surface area contributed by atoms with Gasteiger partial charge in [-0.2, -0.15) is 4.98 Å². The molecule has 3 heterocycles. The smallest absolute Gasteiger partial charge is 0.332 e. The average Bonchev–Trinajstić information content (AvgIpc) is 3.47. The van der Waals surface area contributed by atoms with E-state index in [0.29, 0.717) is 17.4 Å². The summed E-state index contributed by atoms with van der Waals surface area (Å²) in [5, 5.41) is 5.57. The highest BCUT2D eigenvalue weighted by Crippen LogP contribution is 2.37. The SMILES string of the molecule is CSc1ccc(-c2noc(CN3C(=O)N(c4cccc(C)c4)C(=O)C4SC=CC43)n2)cc1. The molecule has 32 heavy (non-hydrogen) atoms. The van der Waals surface area contributed by atoms with Crippen molar-refractivity contribution in [2.24, 2.45) is 0 Å². The largest absolute Gasteiger partial charge is 0.337 e. The number of hydrogen-bond donors (Lipinski definition) is 0. The first-order valence-corrected chi connectivity index (χ1v) is 12.2. The fraction of sp³-hybridized carbons (Fsp3) is 0.217. The zero-order valence-corrected chi connectivity index (χ0v) is 19.1. The van der Waals surface area contributed by atoms with Gasteiger partial charge in [0.2, 0.25) is 11.7 Å². The molecule has 0 radical (unpaired) electrons. The summed E-state index contributed by atoms with van der Waals surface area (Å²) in [5.74, 6) is 0.582. The van der Waals surface area contributed by atoms with E-state index in [0.717, 1.165) is 16.0 Å². The van der Waals surface area contributed by atoms with Gasteiger partial charge in [0, 0.05) is 10.5 Å². The molecule has 162 valence electrons. The molecule has 7 nitrogen and oxygen atoms in total. The third kappa shape index (κ3) is 3.71. The summed E-state index contributed by atoms with van der Waals surface area (Å²) in [7, 11) is 0. The molecule has 0 aliphatic carbocycles. The number of rotatable bonds is 5. The third-order valence-electron chi connectivity index (χ3n) is 5.45. The van der Waals surface area contributed by atoms with E-state index < -0.39 is 11.3 Å². The van der Waals surface area contributed by atoms with Gasteiger partial charge in [-0.15, -0.1) is 23.5 Å².